The summed E-state index contributed by atoms with van der Waals surface area (Å²) in [5.41, 5.74) is 5.49. The number of alkyl halides is 2. The van der Waals surface area contributed by atoms with E-state index in [0.717, 1.165) is 13.1 Å². The van der Waals surface area contributed by atoms with Crippen molar-refractivity contribution < 1.29 is 22.0 Å². The Morgan fingerprint density at radius 1 is 1.46 bits per heavy atom. The fraction of sp³-hybridized carbons (Fsp3) is 0.333. The number of pyridine rings is 1. The Bertz CT molecular complexity index is 954. The molecule has 0 aliphatic rings. The molecule has 2 rings (SSSR count). The zero-order chi connectivity index (χ0) is 19.9. The standard InChI is InChI=1S/C15H17ClF2N4O3S/c1-8(15(2,17)18)21-26(24,25)10-7-22(3)13(14(19)23)12(10)9-4-5-20-11(16)6-9/h4-8,21H,1-3H3,(H2,19,23)/t8-/m1/s1. The second kappa shape index (κ2) is 6.93. The average Bonchev–Trinajstić information content (AvgIpc) is 2.84. The SMILES string of the molecule is C[C@@H](NS(=O)(=O)c1cn(C)c(C(N)=O)c1-c1ccnc(Cl)c1)C(C)(F)F. The van der Waals surface area contributed by atoms with E-state index in [4.69, 9.17) is 17.3 Å². The number of amides is 1. The number of primary amides is 1. The van der Waals surface area contributed by atoms with Gasteiger partial charge in [-0.05, 0) is 24.6 Å². The Balaban J connectivity index is 2.70. The molecular weight excluding hydrogens is 390 g/mol. The summed E-state index contributed by atoms with van der Waals surface area (Å²) in [5.74, 6) is -4.17. The number of hydrogen-bond donors (Lipinski definition) is 2. The highest BCUT2D eigenvalue weighted by Crippen LogP contribution is 2.33. The molecule has 142 valence electrons. The third kappa shape index (κ3) is 4.02. The van der Waals surface area contributed by atoms with E-state index in [1.54, 1.807) is 0 Å². The molecule has 2 aromatic rings. The molecule has 26 heavy (non-hydrogen) atoms. The number of carbonyl (C=O) groups is 1. The maximum atomic E-state index is 13.4. The molecule has 0 aromatic carbocycles. The molecular formula is C15H17ClF2N4O3S. The van der Waals surface area contributed by atoms with Crippen LogP contribution in [0, 0.1) is 0 Å². The molecule has 0 aliphatic heterocycles. The molecule has 0 fully saturated rings. The van der Waals surface area contributed by atoms with Crippen LogP contribution in [0.2, 0.25) is 5.15 Å². The Kier molecular flexibility index (Phi) is 5.41. The summed E-state index contributed by atoms with van der Waals surface area (Å²) >= 11 is 5.85. The van der Waals surface area contributed by atoms with Gasteiger partial charge in [-0.3, -0.25) is 4.79 Å². The highest BCUT2D eigenvalue weighted by atomic mass is 35.5. The fourth-order valence-corrected chi connectivity index (χ4v) is 4.09. The maximum Gasteiger partial charge on any atom is 0.266 e. The molecule has 1 amide bonds. The lowest BCUT2D eigenvalue weighted by atomic mass is 10.1. The van der Waals surface area contributed by atoms with Gasteiger partial charge in [0.1, 0.15) is 15.7 Å². The Hall–Kier alpha value is -2.04. The molecule has 2 aromatic heterocycles. The van der Waals surface area contributed by atoms with Crippen molar-refractivity contribution in [3.05, 3.63) is 35.4 Å². The smallest absolute Gasteiger partial charge is 0.266 e. The van der Waals surface area contributed by atoms with Crippen LogP contribution in [0.15, 0.2) is 29.4 Å². The lowest BCUT2D eigenvalue weighted by Crippen LogP contribution is -2.43. The highest BCUT2D eigenvalue weighted by molar-refractivity contribution is 7.89. The number of carbonyl (C=O) groups excluding carboxylic acids is 1. The Labute approximate surface area is 154 Å². The Morgan fingerprint density at radius 3 is 2.58 bits per heavy atom. The maximum absolute atomic E-state index is 13.4. The van der Waals surface area contributed by atoms with E-state index in [-0.39, 0.29) is 26.9 Å². The van der Waals surface area contributed by atoms with Gasteiger partial charge in [-0.15, -0.1) is 0 Å². The number of nitrogens with one attached hydrogen (secondary N) is 1. The van der Waals surface area contributed by atoms with Gasteiger partial charge < -0.3 is 10.3 Å². The second-order valence-corrected chi connectivity index (χ2v) is 7.93. The van der Waals surface area contributed by atoms with Gasteiger partial charge in [0.2, 0.25) is 10.0 Å². The molecule has 3 N–H and O–H groups in total. The molecule has 0 aliphatic carbocycles. The topological polar surface area (TPSA) is 107 Å². The fourth-order valence-electron chi connectivity index (χ4n) is 2.34. The van der Waals surface area contributed by atoms with E-state index in [9.17, 15) is 22.0 Å². The van der Waals surface area contributed by atoms with Crippen LogP contribution in [-0.2, 0) is 17.1 Å². The zero-order valence-corrected chi connectivity index (χ0v) is 15.7. The summed E-state index contributed by atoms with van der Waals surface area (Å²) in [6.07, 6.45) is 2.45. The monoisotopic (exact) mass is 406 g/mol. The van der Waals surface area contributed by atoms with Gasteiger partial charge in [0, 0.05) is 31.9 Å². The number of aromatic nitrogens is 2. The first-order valence-corrected chi connectivity index (χ1v) is 9.22. The minimum Gasteiger partial charge on any atom is -0.364 e. The van der Waals surface area contributed by atoms with Crippen LogP contribution in [0.3, 0.4) is 0 Å². The molecule has 7 nitrogen and oxygen atoms in total. The minimum absolute atomic E-state index is 0.0385. The van der Waals surface area contributed by atoms with E-state index >= 15 is 0 Å². The first kappa shape index (κ1) is 20.3. The van der Waals surface area contributed by atoms with Crippen LogP contribution in [-0.4, -0.2) is 35.8 Å². The van der Waals surface area contributed by atoms with Gasteiger partial charge in [-0.1, -0.05) is 11.6 Å². The minimum atomic E-state index is -4.39. The van der Waals surface area contributed by atoms with Crippen LogP contribution in [0.25, 0.3) is 11.1 Å². The number of halogens is 3. The molecule has 11 heteroatoms. The van der Waals surface area contributed by atoms with E-state index < -0.39 is 27.9 Å². The molecule has 0 saturated heterocycles. The van der Waals surface area contributed by atoms with Crippen LogP contribution in [0.5, 0.6) is 0 Å². The van der Waals surface area contributed by atoms with Crippen molar-refractivity contribution in [3.8, 4) is 11.1 Å². The van der Waals surface area contributed by atoms with Gasteiger partial charge in [-0.2, -0.15) is 0 Å². The van der Waals surface area contributed by atoms with Crippen molar-refractivity contribution >= 4 is 27.5 Å². The van der Waals surface area contributed by atoms with Gasteiger partial charge in [0.05, 0.1) is 6.04 Å². The largest absolute Gasteiger partial charge is 0.364 e. The van der Waals surface area contributed by atoms with Crippen LogP contribution in [0.4, 0.5) is 8.78 Å². The van der Waals surface area contributed by atoms with Crippen LogP contribution in [0.1, 0.15) is 24.3 Å². The number of aryl methyl sites for hydroxylation is 1. The second-order valence-electron chi connectivity index (χ2n) is 5.86. The molecule has 1 atom stereocenters. The number of nitrogens with zero attached hydrogens (tertiary/aromatic N) is 2. The molecule has 0 radical (unpaired) electrons. The third-order valence-corrected chi connectivity index (χ3v) is 5.54. The van der Waals surface area contributed by atoms with Gasteiger partial charge >= 0.3 is 0 Å². The van der Waals surface area contributed by atoms with E-state index in [0.29, 0.717) is 6.92 Å². The van der Waals surface area contributed by atoms with Crippen molar-refractivity contribution in [2.45, 2.75) is 30.7 Å². The number of nitrogens with two attached hydrogens (primary N) is 1. The normalized spacial score (nSPS) is 13.6. The van der Waals surface area contributed by atoms with Crippen molar-refractivity contribution in [3.63, 3.8) is 0 Å². The summed E-state index contributed by atoms with van der Waals surface area (Å²) < 4.78 is 55.4. The van der Waals surface area contributed by atoms with Crippen molar-refractivity contribution in [2.75, 3.05) is 0 Å². The summed E-state index contributed by atoms with van der Waals surface area (Å²) in [4.78, 5) is 15.3. The molecule has 0 unspecified atom stereocenters. The first-order valence-electron chi connectivity index (χ1n) is 7.35. The highest BCUT2D eigenvalue weighted by Gasteiger charge is 2.36. The summed E-state index contributed by atoms with van der Waals surface area (Å²) in [6.45, 7) is 1.64. The summed E-state index contributed by atoms with van der Waals surface area (Å²) in [7, 11) is -2.97. The van der Waals surface area contributed by atoms with Crippen molar-refractivity contribution in [1.82, 2.24) is 14.3 Å². The van der Waals surface area contributed by atoms with E-state index in [2.05, 4.69) is 4.98 Å². The summed E-state index contributed by atoms with van der Waals surface area (Å²) in [5, 5.41) is 0.0616. The molecule has 0 bridgehead atoms. The average molecular weight is 407 g/mol. The zero-order valence-electron chi connectivity index (χ0n) is 14.1. The van der Waals surface area contributed by atoms with Crippen LogP contribution < -0.4 is 10.5 Å². The quantitative estimate of drug-likeness (QED) is 0.716. The van der Waals surface area contributed by atoms with Crippen LogP contribution >= 0.6 is 11.6 Å². The van der Waals surface area contributed by atoms with E-state index in [1.807, 2.05) is 4.72 Å². The van der Waals surface area contributed by atoms with Crippen molar-refractivity contribution in [2.24, 2.45) is 12.8 Å². The number of sulfonamides is 1. The molecule has 0 saturated carbocycles. The number of hydrogen-bond acceptors (Lipinski definition) is 4. The molecule has 2 heterocycles. The van der Waals surface area contributed by atoms with E-state index in [1.165, 1.54) is 29.9 Å². The molecule has 0 spiro atoms. The van der Waals surface area contributed by atoms with Gasteiger partial charge in [-0.25, -0.2) is 26.9 Å². The van der Waals surface area contributed by atoms with Gasteiger partial charge in [0.25, 0.3) is 11.8 Å². The number of rotatable bonds is 6. The summed E-state index contributed by atoms with van der Waals surface area (Å²) in [6, 6.07) is 1.11. The third-order valence-electron chi connectivity index (χ3n) is 3.78. The predicted octanol–water partition coefficient (Wildman–Crippen LogP) is 2.16. The Morgan fingerprint density at radius 2 is 2.08 bits per heavy atom. The van der Waals surface area contributed by atoms with Gasteiger partial charge in [0.15, 0.2) is 0 Å². The lowest BCUT2D eigenvalue weighted by Gasteiger charge is -2.20. The van der Waals surface area contributed by atoms with Crippen molar-refractivity contribution in [1.29, 1.82) is 0 Å². The lowest BCUT2D eigenvalue weighted by molar-refractivity contribution is -0.00488. The first-order chi connectivity index (χ1) is 11.8. The predicted molar refractivity (Wildman–Crippen MR) is 92.6 cm³/mol.